The molecule has 4 aliphatic rings. The van der Waals surface area contributed by atoms with Gasteiger partial charge in [-0.05, 0) is 98.7 Å². The molecule has 4 fully saturated rings. The second-order valence-corrected chi connectivity index (χ2v) is 11.9. The Kier molecular flexibility index (Phi) is 8.29. The van der Waals surface area contributed by atoms with E-state index in [9.17, 15) is 14.4 Å². The van der Waals surface area contributed by atoms with Crippen molar-refractivity contribution in [2.45, 2.75) is 85.5 Å². The predicted octanol–water partition coefficient (Wildman–Crippen LogP) is 4.70. The molecule has 0 spiro atoms. The first kappa shape index (κ1) is 26.2. The molecule has 0 heterocycles. The Balaban J connectivity index is 0.000000262. The molecule has 0 radical (unpaired) electrons. The molecule has 8 atom stereocenters. The predicted molar refractivity (Wildman–Crippen MR) is 128 cm³/mol. The van der Waals surface area contributed by atoms with Crippen LogP contribution in [0.15, 0.2) is 0 Å². The van der Waals surface area contributed by atoms with Gasteiger partial charge in [-0.2, -0.15) is 0 Å². The third kappa shape index (κ3) is 5.31. The molecule has 188 valence electrons. The zero-order valence-corrected chi connectivity index (χ0v) is 21.3. The van der Waals surface area contributed by atoms with Gasteiger partial charge in [-0.3, -0.25) is 19.7 Å². The van der Waals surface area contributed by atoms with Crippen LogP contribution in [0.1, 0.15) is 85.5 Å². The zero-order chi connectivity index (χ0) is 24.4. The van der Waals surface area contributed by atoms with Crippen LogP contribution in [0.25, 0.3) is 0 Å². The second kappa shape index (κ2) is 10.5. The highest BCUT2D eigenvalue weighted by Crippen LogP contribution is 2.67. The summed E-state index contributed by atoms with van der Waals surface area (Å²) in [6.07, 6.45) is 12.6. The number of Topliss-reactive ketones (excluding diaryl/α,β-unsaturated/α-hetero) is 1. The first-order chi connectivity index (χ1) is 15.5. The molecular formula is C27H45NO5. The SMILES string of the molecule is CC(=O)C1CCC2C3CCC4CC(C)CCC4(C)C3CCC12C.COC(=O)CNCC(=O)O. The van der Waals surface area contributed by atoms with E-state index in [0.29, 0.717) is 22.5 Å². The van der Waals surface area contributed by atoms with Crippen LogP contribution in [0, 0.1) is 46.3 Å². The monoisotopic (exact) mass is 463 g/mol. The van der Waals surface area contributed by atoms with Crippen molar-refractivity contribution in [3.63, 3.8) is 0 Å². The van der Waals surface area contributed by atoms with Gasteiger partial charge in [0.15, 0.2) is 0 Å². The average Bonchev–Trinajstić information content (AvgIpc) is 3.12. The summed E-state index contributed by atoms with van der Waals surface area (Å²) in [6, 6.07) is 0. The van der Waals surface area contributed by atoms with Gasteiger partial charge in [-0.25, -0.2) is 0 Å². The number of hydrogen-bond acceptors (Lipinski definition) is 5. The highest BCUT2D eigenvalue weighted by Gasteiger charge is 2.60. The van der Waals surface area contributed by atoms with Crippen LogP contribution in [-0.4, -0.2) is 43.0 Å². The molecule has 6 heteroatoms. The fraction of sp³-hybridized carbons (Fsp3) is 0.889. The molecule has 8 unspecified atom stereocenters. The Morgan fingerprint density at radius 3 is 2.24 bits per heavy atom. The number of rotatable bonds is 5. The van der Waals surface area contributed by atoms with Crippen molar-refractivity contribution in [1.82, 2.24) is 5.32 Å². The summed E-state index contributed by atoms with van der Waals surface area (Å²) in [5.41, 5.74) is 0.948. The largest absolute Gasteiger partial charge is 0.480 e. The molecule has 0 aromatic carbocycles. The first-order valence-corrected chi connectivity index (χ1v) is 13.0. The van der Waals surface area contributed by atoms with Crippen molar-refractivity contribution in [3.05, 3.63) is 0 Å². The van der Waals surface area contributed by atoms with E-state index in [1.807, 2.05) is 6.92 Å². The third-order valence-corrected chi connectivity index (χ3v) is 10.2. The molecular weight excluding hydrogens is 418 g/mol. The number of methoxy groups -OCH3 is 1. The van der Waals surface area contributed by atoms with Crippen LogP contribution in [-0.2, 0) is 19.1 Å². The van der Waals surface area contributed by atoms with Crippen LogP contribution in [0.2, 0.25) is 0 Å². The van der Waals surface area contributed by atoms with Crippen LogP contribution in [0.4, 0.5) is 0 Å². The third-order valence-electron chi connectivity index (χ3n) is 10.2. The van der Waals surface area contributed by atoms with Crippen LogP contribution < -0.4 is 5.32 Å². The summed E-state index contributed by atoms with van der Waals surface area (Å²) in [7, 11) is 1.24. The fourth-order valence-corrected chi connectivity index (χ4v) is 8.48. The van der Waals surface area contributed by atoms with Gasteiger partial charge in [-0.1, -0.05) is 27.2 Å². The summed E-state index contributed by atoms with van der Waals surface area (Å²) in [4.78, 5) is 32.4. The molecule has 0 aliphatic heterocycles. The van der Waals surface area contributed by atoms with Crippen molar-refractivity contribution < 1.29 is 24.2 Å². The molecule has 33 heavy (non-hydrogen) atoms. The molecule has 4 saturated carbocycles. The highest BCUT2D eigenvalue weighted by atomic mass is 16.5. The number of nitrogens with one attached hydrogen (secondary N) is 1. The van der Waals surface area contributed by atoms with Gasteiger partial charge in [0.25, 0.3) is 0 Å². The van der Waals surface area contributed by atoms with Crippen molar-refractivity contribution in [1.29, 1.82) is 0 Å². The maximum atomic E-state index is 12.2. The standard InChI is InChI=1S/C22H36O.C5H9NO4/c1-14-9-11-21(3)16(13-14)5-6-17-19-8-7-18(15(2)23)22(19,4)12-10-20(17)21;1-10-5(9)3-6-2-4(7)8/h14,16-20H,5-13H2,1-4H3;6H,2-3H2,1H3,(H,7,8). The van der Waals surface area contributed by atoms with E-state index in [1.165, 1.54) is 64.9 Å². The van der Waals surface area contributed by atoms with Gasteiger partial charge in [0, 0.05) is 5.92 Å². The molecule has 2 N–H and O–H groups in total. The molecule has 4 rings (SSSR count). The maximum Gasteiger partial charge on any atom is 0.319 e. The second-order valence-electron chi connectivity index (χ2n) is 11.9. The van der Waals surface area contributed by atoms with Crippen molar-refractivity contribution in [2.24, 2.45) is 46.3 Å². The van der Waals surface area contributed by atoms with Gasteiger partial charge in [0.2, 0.25) is 0 Å². The Hall–Kier alpha value is -1.43. The Morgan fingerprint density at radius 1 is 0.939 bits per heavy atom. The lowest BCUT2D eigenvalue weighted by Gasteiger charge is -2.61. The van der Waals surface area contributed by atoms with Crippen LogP contribution in [0.5, 0.6) is 0 Å². The molecule has 0 aromatic heterocycles. The molecule has 0 saturated heterocycles. The van der Waals surface area contributed by atoms with Gasteiger partial charge in [0.1, 0.15) is 5.78 Å². The highest BCUT2D eigenvalue weighted by molar-refractivity contribution is 5.79. The Labute approximate surface area is 199 Å². The van der Waals surface area contributed by atoms with E-state index in [1.54, 1.807) is 0 Å². The first-order valence-electron chi connectivity index (χ1n) is 13.0. The summed E-state index contributed by atoms with van der Waals surface area (Å²) in [6.45, 7) is 9.16. The van der Waals surface area contributed by atoms with Crippen molar-refractivity contribution >= 4 is 17.7 Å². The number of esters is 1. The van der Waals surface area contributed by atoms with Gasteiger partial charge in [0.05, 0.1) is 20.2 Å². The minimum absolute atomic E-state index is 0.0667. The van der Waals surface area contributed by atoms with E-state index in [4.69, 9.17) is 5.11 Å². The average molecular weight is 464 g/mol. The zero-order valence-electron chi connectivity index (χ0n) is 21.3. The van der Waals surface area contributed by atoms with Gasteiger partial charge >= 0.3 is 11.9 Å². The van der Waals surface area contributed by atoms with Crippen LogP contribution in [0.3, 0.4) is 0 Å². The van der Waals surface area contributed by atoms with E-state index < -0.39 is 11.9 Å². The lowest BCUT2D eigenvalue weighted by Crippen LogP contribution is -2.53. The van der Waals surface area contributed by atoms with Crippen LogP contribution >= 0.6 is 0 Å². The van der Waals surface area contributed by atoms with E-state index in [-0.39, 0.29) is 13.1 Å². The van der Waals surface area contributed by atoms with Crippen molar-refractivity contribution in [2.75, 3.05) is 20.2 Å². The molecule has 0 bridgehead atoms. The summed E-state index contributed by atoms with van der Waals surface area (Å²) in [5, 5.41) is 10.4. The Morgan fingerprint density at radius 2 is 1.61 bits per heavy atom. The number of carbonyl (C=O) groups excluding carboxylic acids is 2. The number of fused-ring (bicyclic) bond motifs is 5. The quantitative estimate of drug-likeness (QED) is 0.574. The minimum Gasteiger partial charge on any atom is -0.480 e. The number of carbonyl (C=O) groups is 3. The van der Waals surface area contributed by atoms with Gasteiger partial charge < -0.3 is 9.84 Å². The molecule has 6 nitrogen and oxygen atoms in total. The minimum atomic E-state index is -0.996. The number of ether oxygens (including phenoxy) is 1. The summed E-state index contributed by atoms with van der Waals surface area (Å²) in [5.74, 6) is 4.03. The van der Waals surface area contributed by atoms with Crippen molar-refractivity contribution in [3.8, 4) is 0 Å². The fourth-order valence-electron chi connectivity index (χ4n) is 8.48. The topological polar surface area (TPSA) is 92.7 Å². The number of ketones is 1. The smallest absolute Gasteiger partial charge is 0.319 e. The van der Waals surface area contributed by atoms with E-state index >= 15 is 0 Å². The molecule has 4 aliphatic carbocycles. The maximum absolute atomic E-state index is 12.2. The van der Waals surface area contributed by atoms with Gasteiger partial charge in [-0.15, -0.1) is 0 Å². The Bertz CT molecular complexity index is 738. The summed E-state index contributed by atoms with van der Waals surface area (Å²) < 4.78 is 4.24. The lowest BCUT2D eigenvalue weighted by molar-refractivity contribution is -0.140. The number of aliphatic carboxylic acids is 1. The summed E-state index contributed by atoms with van der Waals surface area (Å²) >= 11 is 0. The number of carboxylic acids is 1. The lowest BCUT2D eigenvalue weighted by atomic mass is 9.44. The molecule has 0 amide bonds. The normalized spacial score (nSPS) is 41.5. The molecule has 0 aromatic rings. The number of hydrogen-bond donors (Lipinski definition) is 2. The number of carboxylic acid groups (broad SMARTS) is 1. The van der Waals surface area contributed by atoms with E-state index in [2.05, 4.69) is 30.8 Å². The van der Waals surface area contributed by atoms with E-state index in [0.717, 1.165) is 29.6 Å².